The van der Waals surface area contributed by atoms with Crippen LogP contribution >= 0.6 is 0 Å². The average molecular weight is 298 g/mol. The molecule has 0 aliphatic rings. The maximum atomic E-state index is 14.1. The van der Waals surface area contributed by atoms with E-state index in [9.17, 15) is 9.18 Å². The van der Waals surface area contributed by atoms with Gasteiger partial charge in [-0.25, -0.2) is 9.37 Å². The van der Waals surface area contributed by atoms with Gasteiger partial charge in [-0.15, -0.1) is 0 Å². The third kappa shape index (κ3) is 2.28. The summed E-state index contributed by atoms with van der Waals surface area (Å²) in [6, 6.07) is 11.7. The number of fused-ring (bicyclic) bond motifs is 1. The van der Waals surface area contributed by atoms with E-state index in [1.54, 1.807) is 41.9 Å². The van der Waals surface area contributed by atoms with E-state index in [2.05, 4.69) is 10.3 Å². The van der Waals surface area contributed by atoms with Gasteiger partial charge in [0.15, 0.2) is 0 Å². The first-order chi connectivity index (χ1) is 10.6. The number of anilines is 1. The number of hydrogen-bond donors (Lipinski definition) is 2. The molecule has 0 spiro atoms. The summed E-state index contributed by atoms with van der Waals surface area (Å²) >= 11 is 0. The number of carbonyl (C=O) groups excluding carboxylic acids is 1. The fraction of sp³-hybridized carbons (Fsp3) is 0.125. The molecule has 3 aromatic rings. The molecule has 112 valence electrons. The van der Waals surface area contributed by atoms with Crippen LogP contribution in [-0.2, 0) is 11.3 Å². The number of nitrogens with one attached hydrogen (secondary N) is 1. The Bertz CT molecular complexity index is 856. The van der Waals surface area contributed by atoms with Crippen LogP contribution in [0.1, 0.15) is 0 Å². The Labute approximate surface area is 126 Å². The summed E-state index contributed by atoms with van der Waals surface area (Å²) in [6.07, 6.45) is 0. The zero-order valence-corrected chi connectivity index (χ0v) is 12.0. The Morgan fingerprint density at radius 2 is 2.05 bits per heavy atom. The lowest BCUT2D eigenvalue weighted by Crippen LogP contribution is -2.23. The molecule has 1 heterocycles. The largest absolute Gasteiger partial charge is 0.397 e. The average Bonchev–Trinajstić information content (AvgIpc) is 2.88. The van der Waals surface area contributed by atoms with Gasteiger partial charge in [0.25, 0.3) is 0 Å². The van der Waals surface area contributed by atoms with E-state index in [0.29, 0.717) is 28.1 Å². The van der Waals surface area contributed by atoms with Crippen molar-refractivity contribution in [3.8, 4) is 11.4 Å². The van der Waals surface area contributed by atoms with Crippen LogP contribution in [0.3, 0.4) is 0 Å². The lowest BCUT2D eigenvalue weighted by atomic mass is 10.2. The Morgan fingerprint density at radius 3 is 2.77 bits per heavy atom. The van der Waals surface area contributed by atoms with E-state index in [0.717, 1.165) is 0 Å². The minimum atomic E-state index is -0.394. The second-order valence-corrected chi connectivity index (χ2v) is 4.89. The van der Waals surface area contributed by atoms with Gasteiger partial charge in [-0.1, -0.05) is 18.2 Å². The van der Waals surface area contributed by atoms with E-state index in [4.69, 9.17) is 5.73 Å². The quantitative estimate of drug-likeness (QED) is 0.728. The molecule has 0 aliphatic carbocycles. The minimum Gasteiger partial charge on any atom is -0.397 e. The summed E-state index contributed by atoms with van der Waals surface area (Å²) < 4.78 is 15.8. The van der Waals surface area contributed by atoms with Gasteiger partial charge >= 0.3 is 0 Å². The number of amides is 1. The zero-order chi connectivity index (χ0) is 15.7. The highest BCUT2D eigenvalue weighted by molar-refractivity contribution is 5.91. The summed E-state index contributed by atoms with van der Waals surface area (Å²) in [7, 11) is 1.55. The van der Waals surface area contributed by atoms with Crippen molar-refractivity contribution >= 4 is 22.6 Å². The first-order valence-corrected chi connectivity index (χ1v) is 6.82. The van der Waals surface area contributed by atoms with E-state index < -0.39 is 5.82 Å². The van der Waals surface area contributed by atoms with Crippen LogP contribution < -0.4 is 11.1 Å². The van der Waals surface area contributed by atoms with Gasteiger partial charge in [-0.05, 0) is 24.3 Å². The number of imidazole rings is 1. The van der Waals surface area contributed by atoms with Crippen molar-refractivity contribution in [3.05, 3.63) is 48.3 Å². The fourth-order valence-corrected chi connectivity index (χ4v) is 2.40. The van der Waals surface area contributed by atoms with Crippen molar-refractivity contribution in [3.63, 3.8) is 0 Å². The number of likely N-dealkylation sites (N-methyl/N-ethyl adjacent to an activating group) is 1. The van der Waals surface area contributed by atoms with Gasteiger partial charge < -0.3 is 15.6 Å². The van der Waals surface area contributed by atoms with Gasteiger partial charge in [0.2, 0.25) is 5.91 Å². The second kappa shape index (κ2) is 5.48. The Morgan fingerprint density at radius 1 is 1.27 bits per heavy atom. The summed E-state index contributed by atoms with van der Waals surface area (Å²) in [5.41, 5.74) is 8.03. The number of nitrogens with two attached hydrogens (primary N) is 1. The highest BCUT2D eigenvalue weighted by Crippen LogP contribution is 2.29. The maximum Gasteiger partial charge on any atom is 0.239 e. The Balaban J connectivity index is 2.29. The van der Waals surface area contributed by atoms with E-state index >= 15 is 0 Å². The fourth-order valence-electron chi connectivity index (χ4n) is 2.40. The van der Waals surface area contributed by atoms with Crippen molar-refractivity contribution < 1.29 is 9.18 Å². The summed E-state index contributed by atoms with van der Waals surface area (Å²) in [5.74, 6) is -0.205. The number of carbonyl (C=O) groups is 1. The molecule has 5 nitrogen and oxygen atoms in total. The number of hydrogen-bond acceptors (Lipinski definition) is 3. The molecule has 22 heavy (non-hydrogen) atoms. The van der Waals surface area contributed by atoms with Crippen LogP contribution in [-0.4, -0.2) is 22.5 Å². The Hall–Kier alpha value is -2.89. The molecule has 0 aliphatic heterocycles. The molecule has 0 radical (unpaired) electrons. The van der Waals surface area contributed by atoms with Crippen molar-refractivity contribution in [2.75, 3.05) is 12.8 Å². The van der Waals surface area contributed by atoms with Gasteiger partial charge in [0.05, 0.1) is 16.8 Å². The van der Waals surface area contributed by atoms with Crippen LogP contribution in [0.25, 0.3) is 22.4 Å². The third-order valence-electron chi connectivity index (χ3n) is 3.51. The minimum absolute atomic E-state index is 0.0418. The van der Waals surface area contributed by atoms with Gasteiger partial charge in [0, 0.05) is 7.05 Å². The zero-order valence-electron chi connectivity index (χ0n) is 12.0. The van der Waals surface area contributed by atoms with E-state index in [-0.39, 0.29) is 12.5 Å². The monoisotopic (exact) mass is 298 g/mol. The molecule has 0 saturated carbocycles. The number of halogens is 1. The molecule has 0 fully saturated rings. The molecule has 3 N–H and O–H groups in total. The van der Waals surface area contributed by atoms with Crippen LogP contribution in [0.5, 0.6) is 0 Å². The van der Waals surface area contributed by atoms with E-state index in [1.165, 1.54) is 6.07 Å². The number of para-hydroxylation sites is 1. The summed E-state index contributed by atoms with van der Waals surface area (Å²) in [6.45, 7) is 0.0418. The molecule has 0 atom stereocenters. The topological polar surface area (TPSA) is 72.9 Å². The third-order valence-corrected chi connectivity index (χ3v) is 3.51. The van der Waals surface area contributed by atoms with Crippen LogP contribution in [0.15, 0.2) is 42.5 Å². The molecule has 0 unspecified atom stereocenters. The molecule has 0 saturated heterocycles. The van der Waals surface area contributed by atoms with Crippen molar-refractivity contribution in [1.29, 1.82) is 0 Å². The number of aromatic nitrogens is 2. The first kappa shape index (κ1) is 14.1. The van der Waals surface area contributed by atoms with Gasteiger partial charge in [-0.3, -0.25) is 4.79 Å². The van der Waals surface area contributed by atoms with Crippen molar-refractivity contribution in [2.45, 2.75) is 6.54 Å². The summed E-state index contributed by atoms with van der Waals surface area (Å²) in [4.78, 5) is 16.2. The molecule has 0 bridgehead atoms. The number of nitrogen functional groups attached to an aromatic ring is 1. The molecule has 2 aromatic carbocycles. The van der Waals surface area contributed by atoms with Crippen LogP contribution in [0.4, 0.5) is 10.1 Å². The van der Waals surface area contributed by atoms with Crippen molar-refractivity contribution in [2.24, 2.45) is 0 Å². The normalized spacial score (nSPS) is 10.8. The highest BCUT2D eigenvalue weighted by Gasteiger charge is 2.18. The molecule has 1 aromatic heterocycles. The SMILES string of the molecule is CNC(=O)Cn1c(-c2ccccc2F)nc2c(N)cccc21. The lowest BCUT2D eigenvalue weighted by molar-refractivity contribution is -0.121. The first-order valence-electron chi connectivity index (χ1n) is 6.82. The number of rotatable bonds is 3. The van der Waals surface area contributed by atoms with Crippen molar-refractivity contribution in [1.82, 2.24) is 14.9 Å². The van der Waals surface area contributed by atoms with Crippen LogP contribution in [0.2, 0.25) is 0 Å². The maximum absolute atomic E-state index is 14.1. The number of benzene rings is 2. The smallest absolute Gasteiger partial charge is 0.239 e. The Kier molecular flexibility index (Phi) is 3.50. The molecule has 3 rings (SSSR count). The molecular formula is C16H15FN4O. The molecule has 1 amide bonds. The predicted octanol–water partition coefficient (Wildman–Crippen LogP) is 2.17. The number of nitrogens with zero attached hydrogens (tertiary/aromatic N) is 2. The second-order valence-electron chi connectivity index (χ2n) is 4.89. The predicted molar refractivity (Wildman–Crippen MR) is 83.6 cm³/mol. The lowest BCUT2D eigenvalue weighted by Gasteiger charge is -2.09. The van der Waals surface area contributed by atoms with Gasteiger partial charge in [0.1, 0.15) is 23.7 Å². The summed E-state index contributed by atoms with van der Waals surface area (Å²) in [5, 5.41) is 2.56. The standard InChI is InChI=1S/C16H15FN4O/c1-19-14(22)9-21-13-8-4-7-12(18)15(13)20-16(21)10-5-2-3-6-11(10)17/h2-8H,9,18H2,1H3,(H,19,22). The van der Waals surface area contributed by atoms with E-state index in [1.807, 2.05) is 6.07 Å². The molecular weight excluding hydrogens is 283 g/mol. The highest BCUT2D eigenvalue weighted by atomic mass is 19.1. The van der Waals surface area contributed by atoms with Gasteiger partial charge in [-0.2, -0.15) is 0 Å². The van der Waals surface area contributed by atoms with Crippen LogP contribution in [0, 0.1) is 5.82 Å². The molecule has 6 heteroatoms.